The molecule has 0 aliphatic heterocycles. The van der Waals surface area contributed by atoms with Crippen LogP contribution in [0.2, 0.25) is 0 Å². The molecule has 0 saturated heterocycles. The Hall–Kier alpha value is -3.82. The predicted octanol–water partition coefficient (Wildman–Crippen LogP) is 3.11. The van der Waals surface area contributed by atoms with Crippen LogP contribution in [0.1, 0.15) is 29.8 Å². The second-order valence-electron chi connectivity index (χ2n) is 5.68. The Bertz CT molecular complexity index is 924. The van der Waals surface area contributed by atoms with Crippen molar-refractivity contribution in [3.63, 3.8) is 0 Å². The van der Waals surface area contributed by atoms with Crippen molar-refractivity contribution in [3.8, 4) is 0 Å². The Balaban J connectivity index is 2.25. The summed E-state index contributed by atoms with van der Waals surface area (Å²) >= 11 is 0. The Kier molecular flexibility index (Phi) is 6.74. The van der Waals surface area contributed by atoms with Crippen molar-refractivity contribution in [1.82, 2.24) is 5.43 Å². The zero-order valence-corrected chi connectivity index (χ0v) is 15.4. The zero-order chi connectivity index (χ0) is 20.7. The van der Waals surface area contributed by atoms with Crippen LogP contribution in [-0.2, 0) is 0 Å². The van der Waals surface area contributed by atoms with Crippen LogP contribution in [0.15, 0.2) is 47.6 Å². The number of carbonyl (C=O) groups is 1. The quantitative estimate of drug-likeness (QED) is 0.422. The summed E-state index contributed by atoms with van der Waals surface area (Å²) in [6, 6.07) is 9.65. The molecule has 10 nitrogen and oxygen atoms in total. The molecule has 0 radical (unpaired) electrons. The first kappa shape index (κ1) is 20.5. The fourth-order valence-corrected chi connectivity index (χ4v) is 2.60. The lowest BCUT2D eigenvalue weighted by Crippen LogP contribution is -2.23. The molecule has 2 aromatic rings. The molecule has 0 atom stereocenters. The van der Waals surface area contributed by atoms with Gasteiger partial charge in [0, 0.05) is 54.2 Å². The van der Waals surface area contributed by atoms with Crippen LogP contribution in [-0.4, -0.2) is 35.1 Å². The molecule has 1 N–H and O–H groups in total. The lowest BCUT2D eigenvalue weighted by atomic mass is 10.1. The van der Waals surface area contributed by atoms with Crippen molar-refractivity contribution in [1.29, 1.82) is 0 Å². The maximum Gasteiger partial charge on any atom is 0.271 e. The predicted molar refractivity (Wildman–Crippen MR) is 105 cm³/mol. The van der Waals surface area contributed by atoms with Crippen LogP contribution in [0.5, 0.6) is 0 Å². The summed E-state index contributed by atoms with van der Waals surface area (Å²) in [7, 11) is 0. The number of amides is 1. The van der Waals surface area contributed by atoms with Gasteiger partial charge in [0.2, 0.25) is 0 Å². The Labute approximate surface area is 160 Å². The third kappa shape index (κ3) is 4.87. The third-order valence-corrected chi connectivity index (χ3v) is 4.01. The molecule has 0 heterocycles. The molecular weight excluding hydrogens is 366 g/mol. The van der Waals surface area contributed by atoms with E-state index >= 15 is 0 Å². The molecule has 2 rings (SSSR count). The summed E-state index contributed by atoms with van der Waals surface area (Å²) in [5.74, 6) is -0.630. The Morgan fingerprint density at radius 2 is 1.71 bits per heavy atom. The van der Waals surface area contributed by atoms with E-state index in [2.05, 4.69) is 10.5 Å². The molecule has 0 aliphatic carbocycles. The molecule has 1 amide bonds. The van der Waals surface area contributed by atoms with Crippen LogP contribution in [0.25, 0.3) is 0 Å². The molecule has 0 bridgehead atoms. The van der Waals surface area contributed by atoms with E-state index in [1.807, 2.05) is 18.7 Å². The van der Waals surface area contributed by atoms with Crippen LogP contribution in [0.4, 0.5) is 17.1 Å². The van der Waals surface area contributed by atoms with Gasteiger partial charge in [-0.3, -0.25) is 25.0 Å². The fourth-order valence-electron chi connectivity index (χ4n) is 2.60. The van der Waals surface area contributed by atoms with Gasteiger partial charge < -0.3 is 4.90 Å². The standard InChI is InChI=1S/C18H19N5O5/c1-3-21(4-2)17-9-8-16(23(27)28)11-14(17)12-19-20-18(24)13-6-5-7-15(10-13)22(25)26/h5-12H,3-4H2,1-2H3,(H,20,24). The lowest BCUT2D eigenvalue weighted by Gasteiger charge is -2.22. The molecule has 0 unspecified atom stereocenters. The number of nitrogens with zero attached hydrogens (tertiary/aromatic N) is 4. The molecule has 146 valence electrons. The van der Waals surface area contributed by atoms with Crippen LogP contribution < -0.4 is 10.3 Å². The highest BCUT2D eigenvalue weighted by atomic mass is 16.6. The monoisotopic (exact) mass is 385 g/mol. The zero-order valence-electron chi connectivity index (χ0n) is 15.4. The number of nitro benzene ring substituents is 2. The summed E-state index contributed by atoms with van der Waals surface area (Å²) in [6.45, 7) is 5.29. The van der Waals surface area contributed by atoms with Gasteiger partial charge >= 0.3 is 0 Å². The number of nitrogens with one attached hydrogen (secondary N) is 1. The first-order valence-electron chi connectivity index (χ1n) is 8.48. The SMILES string of the molecule is CCN(CC)c1ccc([N+](=O)[O-])cc1C=NNC(=O)c1cccc([N+](=O)[O-])c1. The number of hydrogen-bond acceptors (Lipinski definition) is 7. The van der Waals surface area contributed by atoms with Gasteiger partial charge in [0.25, 0.3) is 17.3 Å². The van der Waals surface area contributed by atoms with E-state index in [9.17, 15) is 25.0 Å². The lowest BCUT2D eigenvalue weighted by molar-refractivity contribution is -0.385. The van der Waals surface area contributed by atoms with Gasteiger partial charge in [-0.1, -0.05) is 6.07 Å². The molecular formula is C18H19N5O5. The Morgan fingerprint density at radius 3 is 2.32 bits per heavy atom. The number of anilines is 1. The Morgan fingerprint density at radius 1 is 1.07 bits per heavy atom. The summed E-state index contributed by atoms with van der Waals surface area (Å²) in [4.78, 5) is 34.9. The van der Waals surface area contributed by atoms with Gasteiger partial charge in [-0.25, -0.2) is 5.43 Å². The summed E-state index contributed by atoms with van der Waals surface area (Å²) in [5, 5.41) is 25.7. The normalized spacial score (nSPS) is 10.6. The fraction of sp³-hybridized carbons (Fsp3) is 0.222. The number of rotatable bonds is 8. The average Bonchev–Trinajstić information content (AvgIpc) is 2.69. The van der Waals surface area contributed by atoms with Crippen molar-refractivity contribution in [3.05, 3.63) is 73.8 Å². The average molecular weight is 385 g/mol. The number of hydrogen-bond donors (Lipinski definition) is 1. The van der Waals surface area contributed by atoms with Gasteiger partial charge in [0.05, 0.1) is 16.1 Å². The van der Waals surface area contributed by atoms with Gasteiger partial charge in [-0.15, -0.1) is 0 Å². The van der Waals surface area contributed by atoms with Gasteiger partial charge in [0.1, 0.15) is 0 Å². The van der Waals surface area contributed by atoms with Crippen LogP contribution >= 0.6 is 0 Å². The maximum atomic E-state index is 12.1. The summed E-state index contributed by atoms with van der Waals surface area (Å²) in [5.41, 5.74) is 3.27. The number of carbonyl (C=O) groups excluding carboxylic acids is 1. The molecule has 0 aliphatic rings. The minimum atomic E-state index is -0.630. The van der Waals surface area contributed by atoms with Gasteiger partial charge in [0.15, 0.2) is 0 Å². The molecule has 28 heavy (non-hydrogen) atoms. The summed E-state index contributed by atoms with van der Waals surface area (Å²) in [6.07, 6.45) is 1.32. The number of non-ortho nitro benzene ring substituents is 2. The van der Waals surface area contributed by atoms with E-state index in [0.717, 1.165) is 11.8 Å². The van der Waals surface area contributed by atoms with E-state index in [0.29, 0.717) is 18.7 Å². The minimum Gasteiger partial charge on any atom is -0.372 e. The van der Waals surface area contributed by atoms with Crippen molar-refractivity contribution >= 4 is 29.2 Å². The molecule has 0 saturated carbocycles. The largest absolute Gasteiger partial charge is 0.372 e. The van der Waals surface area contributed by atoms with E-state index in [1.54, 1.807) is 6.07 Å². The number of nitro groups is 2. The van der Waals surface area contributed by atoms with Gasteiger partial charge in [-0.05, 0) is 26.0 Å². The van der Waals surface area contributed by atoms with E-state index in [4.69, 9.17) is 0 Å². The van der Waals surface area contributed by atoms with E-state index in [1.165, 1.54) is 36.5 Å². The molecule has 0 spiro atoms. The maximum absolute atomic E-state index is 12.1. The minimum absolute atomic E-state index is 0.0781. The molecule has 2 aromatic carbocycles. The van der Waals surface area contributed by atoms with Gasteiger partial charge in [-0.2, -0.15) is 5.10 Å². The van der Waals surface area contributed by atoms with Crippen LogP contribution in [0.3, 0.4) is 0 Å². The molecule has 10 heteroatoms. The van der Waals surface area contributed by atoms with Crippen molar-refractivity contribution in [2.24, 2.45) is 5.10 Å². The van der Waals surface area contributed by atoms with Crippen molar-refractivity contribution < 1.29 is 14.6 Å². The molecule has 0 fully saturated rings. The number of hydrazone groups is 1. The smallest absolute Gasteiger partial charge is 0.271 e. The summed E-state index contributed by atoms with van der Waals surface area (Å²) < 4.78 is 0. The van der Waals surface area contributed by atoms with Crippen LogP contribution in [0, 0.1) is 20.2 Å². The number of benzene rings is 2. The van der Waals surface area contributed by atoms with E-state index < -0.39 is 15.8 Å². The highest BCUT2D eigenvalue weighted by molar-refractivity contribution is 5.96. The van der Waals surface area contributed by atoms with E-state index in [-0.39, 0.29) is 16.9 Å². The second-order valence-corrected chi connectivity index (χ2v) is 5.68. The topological polar surface area (TPSA) is 131 Å². The first-order chi connectivity index (χ1) is 13.4. The van der Waals surface area contributed by atoms with Crippen molar-refractivity contribution in [2.75, 3.05) is 18.0 Å². The third-order valence-electron chi connectivity index (χ3n) is 4.01. The van der Waals surface area contributed by atoms with Crippen molar-refractivity contribution in [2.45, 2.75) is 13.8 Å². The second kappa shape index (κ2) is 9.21. The highest BCUT2D eigenvalue weighted by Gasteiger charge is 2.14. The molecule has 0 aromatic heterocycles. The highest BCUT2D eigenvalue weighted by Crippen LogP contribution is 2.24. The first-order valence-corrected chi connectivity index (χ1v) is 8.48.